The van der Waals surface area contributed by atoms with Crippen LogP contribution >= 0.6 is 0 Å². The summed E-state index contributed by atoms with van der Waals surface area (Å²) in [5, 5.41) is 17.9. The molecule has 0 bridgehead atoms. The highest BCUT2D eigenvalue weighted by atomic mass is 32.2. The Balaban J connectivity index is 3.11. The number of hydrogen-bond acceptors (Lipinski definition) is 4. The summed E-state index contributed by atoms with van der Waals surface area (Å²) in [6, 6.07) is 4.90. The van der Waals surface area contributed by atoms with E-state index < -0.39 is 22.0 Å². The molecule has 0 saturated heterocycles. The second-order valence-corrected chi connectivity index (χ2v) is 6.92. The number of nitriles is 1. The van der Waals surface area contributed by atoms with Crippen molar-refractivity contribution in [3.05, 3.63) is 29.3 Å². The van der Waals surface area contributed by atoms with E-state index in [2.05, 4.69) is 4.72 Å². The first kappa shape index (κ1) is 17.1. The van der Waals surface area contributed by atoms with Crippen molar-refractivity contribution in [2.45, 2.75) is 38.1 Å². The minimum Gasteiger partial charge on any atom is -0.480 e. The molecule has 1 aromatic carbocycles. The van der Waals surface area contributed by atoms with E-state index >= 15 is 0 Å². The lowest BCUT2D eigenvalue weighted by atomic mass is 10.1. The van der Waals surface area contributed by atoms with E-state index in [1.807, 2.05) is 19.9 Å². The predicted molar refractivity (Wildman–Crippen MR) is 77.1 cm³/mol. The van der Waals surface area contributed by atoms with Crippen LogP contribution in [0.5, 0.6) is 0 Å². The zero-order valence-corrected chi connectivity index (χ0v) is 12.9. The van der Waals surface area contributed by atoms with Crippen molar-refractivity contribution >= 4 is 16.0 Å². The SMILES string of the molecule is Cc1cc(C#N)ccc1S(=O)(=O)NC(CC(C)C)C(=O)O. The number of nitrogens with zero attached hydrogens (tertiary/aromatic N) is 1. The molecule has 0 radical (unpaired) electrons. The lowest BCUT2D eigenvalue weighted by Gasteiger charge is -2.17. The lowest BCUT2D eigenvalue weighted by molar-refractivity contribution is -0.139. The molecule has 0 amide bonds. The van der Waals surface area contributed by atoms with E-state index in [1.165, 1.54) is 18.2 Å². The van der Waals surface area contributed by atoms with Crippen molar-refractivity contribution < 1.29 is 18.3 Å². The molecule has 1 aromatic rings. The Morgan fingerprint density at radius 1 is 1.43 bits per heavy atom. The molecule has 0 saturated carbocycles. The van der Waals surface area contributed by atoms with Crippen LogP contribution in [0.1, 0.15) is 31.4 Å². The summed E-state index contributed by atoms with van der Waals surface area (Å²) in [5.41, 5.74) is 0.749. The number of carboxylic acids is 1. The van der Waals surface area contributed by atoms with Gasteiger partial charge < -0.3 is 5.11 Å². The average molecular weight is 310 g/mol. The third-order valence-electron chi connectivity index (χ3n) is 2.90. The standard InChI is InChI=1S/C14H18N2O4S/c1-9(2)6-12(14(17)18)16-21(19,20)13-5-4-11(8-15)7-10(13)3/h4-5,7,9,12,16H,6H2,1-3H3,(H,17,18). The molecule has 0 aliphatic heterocycles. The summed E-state index contributed by atoms with van der Waals surface area (Å²) in [4.78, 5) is 11.1. The number of sulfonamides is 1. The van der Waals surface area contributed by atoms with Gasteiger partial charge in [0.25, 0.3) is 0 Å². The van der Waals surface area contributed by atoms with E-state index in [0.717, 1.165) is 0 Å². The molecule has 0 aromatic heterocycles. The number of hydrogen-bond donors (Lipinski definition) is 2. The molecule has 0 fully saturated rings. The van der Waals surface area contributed by atoms with E-state index in [0.29, 0.717) is 11.1 Å². The van der Waals surface area contributed by atoms with Gasteiger partial charge in [-0.15, -0.1) is 0 Å². The van der Waals surface area contributed by atoms with Crippen molar-refractivity contribution in [3.63, 3.8) is 0 Å². The second-order valence-electron chi connectivity index (χ2n) is 5.23. The van der Waals surface area contributed by atoms with Gasteiger partial charge in [-0.05, 0) is 43.0 Å². The molecule has 0 spiro atoms. The third-order valence-corrected chi connectivity index (χ3v) is 4.53. The molecule has 114 valence electrons. The number of benzene rings is 1. The van der Waals surface area contributed by atoms with Gasteiger partial charge in [-0.1, -0.05) is 13.8 Å². The zero-order valence-electron chi connectivity index (χ0n) is 12.1. The molecule has 2 N–H and O–H groups in total. The molecule has 1 unspecified atom stereocenters. The highest BCUT2D eigenvalue weighted by molar-refractivity contribution is 7.89. The molecule has 1 atom stereocenters. The maximum atomic E-state index is 12.3. The maximum absolute atomic E-state index is 12.3. The summed E-state index contributed by atoms with van der Waals surface area (Å²) < 4.78 is 26.8. The monoisotopic (exact) mass is 310 g/mol. The van der Waals surface area contributed by atoms with E-state index in [4.69, 9.17) is 10.4 Å². The van der Waals surface area contributed by atoms with Crippen LogP contribution in [-0.4, -0.2) is 25.5 Å². The van der Waals surface area contributed by atoms with Crippen LogP contribution in [-0.2, 0) is 14.8 Å². The molecular formula is C14H18N2O4S. The Labute approximate surface area is 124 Å². The second kappa shape index (κ2) is 6.70. The molecule has 0 aliphatic carbocycles. The molecule has 0 aliphatic rings. The number of aryl methyl sites for hydroxylation is 1. The predicted octanol–water partition coefficient (Wildman–Crippen LogP) is 1.64. The van der Waals surface area contributed by atoms with Gasteiger partial charge in [0.2, 0.25) is 10.0 Å². The van der Waals surface area contributed by atoms with Crippen LogP contribution in [0.2, 0.25) is 0 Å². The van der Waals surface area contributed by atoms with Crippen molar-refractivity contribution in [1.82, 2.24) is 4.72 Å². The van der Waals surface area contributed by atoms with E-state index in [9.17, 15) is 13.2 Å². The minimum absolute atomic E-state index is 0.0171. The van der Waals surface area contributed by atoms with E-state index in [-0.39, 0.29) is 17.2 Å². The number of aliphatic carboxylic acids is 1. The first-order valence-corrected chi connectivity index (χ1v) is 7.91. The zero-order chi connectivity index (χ0) is 16.2. The van der Waals surface area contributed by atoms with Gasteiger partial charge in [0.15, 0.2) is 0 Å². The van der Waals surface area contributed by atoms with Crippen LogP contribution in [0.3, 0.4) is 0 Å². The Morgan fingerprint density at radius 3 is 2.48 bits per heavy atom. The summed E-state index contributed by atoms with van der Waals surface area (Å²) in [6.45, 7) is 5.20. The van der Waals surface area contributed by atoms with Crippen molar-refractivity contribution in [1.29, 1.82) is 5.26 Å². The highest BCUT2D eigenvalue weighted by Crippen LogP contribution is 2.18. The Morgan fingerprint density at radius 2 is 2.05 bits per heavy atom. The fourth-order valence-corrected chi connectivity index (χ4v) is 3.37. The number of carbonyl (C=O) groups is 1. The molecule has 6 nitrogen and oxygen atoms in total. The third kappa shape index (κ3) is 4.55. The van der Waals surface area contributed by atoms with Crippen molar-refractivity contribution in [2.75, 3.05) is 0 Å². The van der Waals surface area contributed by atoms with Gasteiger partial charge in [-0.2, -0.15) is 9.98 Å². The van der Waals surface area contributed by atoms with Gasteiger partial charge in [-0.3, -0.25) is 4.79 Å². The first-order valence-electron chi connectivity index (χ1n) is 6.43. The van der Waals surface area contributed by atoms with Gasteiger partial charge in [0.05, 0.1) is 16.5 Å². The lowest BCUT2D eigenvalue weighted by Crippen LogP contribution is -2.41. The largest absolute Gasteiger partial charge is 0.480 e. The number of carboxylic acid groups (broad SMARTS) is 1. The van der Waals surface area contributed by atoms with Gasteiger partial charge >= 0.3 is 5.97 Å². The summed E-state index contributed by atoms with van der Waals surface area (Å²) in [6.07, 6.45) is 0.198. The van der Waals surface area contributed by atoms with E-state index in [1.54, 1.807) is 6.92 Å². The molecule has 21 heavy (non-hydrogen) atoms. The van der Waals surface area contributed by atoms with Crippen LogP contribution < -0.4 is 4.72 Å². The smallest absolute Gasteiger partial charge is 0.321 e. The fraction of sp³-hybridized carbons (Fsp3) is 0.429. The molecule has 7 heteroatoms. The fourth-order valence-electron chi connectivity index (χ4n) is 1.94. The van der Waals surface area contributed by atoms with Crippen molar-refractivity contribution in [3.8, 4) is 6.07 Å². The van der Waals surface area contributed by atoms with Crippen molar-refractivity contribution in [2.24, 2.45) is 5.92 Å². The maximum Gasteiger partial charge on any atom is 0.321 e. The summed E-state index contributed by atoms with van der Waals surface area (Å²) in [7, 11) is -3.95. The highest BCUT2D eigenvalue weighted by Gasteiger charge is 2.27. The average Bonchev–Trinajstić information content (AvgIpc) is 2.36. The first-order chi connectivity index (χ1) is 9.67. The molecule has 0 heterocycles. The summed E-state index contributed by atoms with van der Waals surface area (Å²) >= 11 is 0. The van der Waals surface area contributed by atoms with Crippen LogP contribution in [0.15, 0.2) is 23.1 Å². The molecule has 1 rings (SSSR count). The molecular weight excluding hydrogens is 292 g/mol. The topological polar surface area (TPSA) is 107 Å². The van der Waals surface area contributed by atoms with Crippen LogP contribution in [0.25, 0.3) is 0 Å². The normalized spacial score (nSPS) is 12.9. The number of rotatable bonds is 6. The van der Waals surface area contributed by atoms with Crippen LogP contribution in [0.4, 0.5) is 0 Å². The number of nitrogens with one attached hydrogen (secondary N) is 1. The van der Waals surface area contributed by atoms with Crippen LogP contribution in [0, 0.1) is 24.2 Å². The minimum atomic E-state index is -3.95. The Hall–Kier alpha value is -1.91. The summed E-state index contributed by atoms with van der Waals surface area (Å²) in [5.74, 6) is -1.17. The quantitative estimate of drug-likeness (QED) is 0.830. The van der Waals surface area contributed by atoms with Gasteiger partial charge in [-0.25, -0.2) is 8.42 Å². The Kier molecular flexibility index (Phi) is 5.47. The van der Waals surface area contributed by atoms with Gasteiger partial charge in [0.1, 0.15) is 6.04 Å². The Bertz CT molecular complexity index is 675. The van der Waals surface area contributed by atoms with Gasteiger partial charge in [0, 0.05) is 0 Å².